The number of nitrogens with zero attached hydrogens (tertiary/aromatic N) is 2. The predicted molar refractivity (Wildman–Crippen MR) is 75.6 cm³/mol. The number of hydrogen-bond acceptors (Lipinski definition) is 0. The Morgan fingerprint density at radius 3 is 2.26 bits per heavy atom. The molecular weight excluding hydrogens is 232 g/mol. The van der Waals surface area contributed by atoms with Crippen molar-refractivity contribution in [3.05, 3.63) is 78.4 Å². The topological polar surface area (TPSA) is 8.81 Å². The van der Waals surface area contributed by atoms with E-state index in [-0.39, 0.29) is 0 Å². The molecule has 3 aromatic rings. The summed E-state index contributed by atoms with van der Waals surface area (Å²) >= 11 is 0. The molecule has 19 heavy (non-hydrogen) atoms. The molecule has 1 aromatic heterocycles. The van der Waals surface area contributed by atoms with Crippen molar-refractivity contribution in [3.63, 3.8) is 0 Å². The summed E-state index contributed by atoms with van der Waals surface area (Å²) < 4.78 is 4.06. The summed E-state index contributed by atoms with van der Waals surface area (Å²) in [5, 5.41) is 0. The van der Waals surface area contributed by atoms with Crippen molar-refractivity contribution in [1.29, 1.82) is 0 Å². The number of imidazole rings is 1. The molecule has 0 radical (unpaired) electrons. The van der Waals surface area contributed by atoms with Crippen LogP contribution >= 0.6 is 0 Å². The highest BCUT2D eigenvalue weighted by Crippen LogP contribution is 2.17. The molecule has 0 spiro atoms. The molecule has 0 aliphatic carbocycles. The number of rotatable bonds is 2. The van der Waals surface area contributed by atoms with Gasteiger partial charge in [0.2, 0.25) is 0 Å². The van der Waals surface area contributed by atoms with Crippen LogP contribution in [0.4, 0.5) is 0 Å². The van der Waals surface area contributed by atoms with E-state index in [2.05, 4.69) is 55.1 Å². The van der Waals surface area contributed by atoms with Crippen LogP contribution in [0.3, 0.4) is 0 Å². The minimum atomic E-state index is 1.12. The van der Waals surface area contributed by atoms with Gasteiger partial charge in [-0.2, -0.15) is 0 Å². The molecule has 0 N–H and O–H groups in total. The SMILES string of the molecule is Cc1cccc(C)c1-n1[c-][n+](-c2ccccc2)cc1. The lowest BCUT2D eigenvalue weighted by atomic mass is 10.1. The van der Waals surface area contributed by atoms with E-state index in [1.165, 1.54) is 16.8 Å². The Bertz CT molecular complexity index is 676. The molecule has 3 rings (SSSR count). The predicted octanol–water partition coefficient (Wildman–Crippen LogP) is 3.17. The van der Waals surface area contributed by atoms with Crippen LogP contribution < -0.4 is 4.57 Å². The van der Waals surface area contributed by atoms with Crippen LogP contribution in [0, 0.1) is 20.2 Å². The Kier molecular flexibility index (Phi) is 2.92. The van der Waals surface area contributed by atoms with Crippen LogP contribution in [0.1, 0.15) is 11.1 Å². The monoisotopic (exact) mass is 248 g/mol. The highest BCUT2D eigenvalue weighted by atomic mass is 15.1. The maximum atomic E-state index is 3.36. The molecule has 0 unspecified atom stereocenters. The third-order valence-corrected chi connectivity index (χ3v) is 3.30. The summed E-state index contributed by atoms with van der Waals surface area (Å²) in [5.41, 5.74) is 4.84. The fourth-order valence-electron chi connectivity index (χ4n) is 2.36. The number of para-hydroxylation sites is 2. The van der Waals surface area contributed by atoms with Gasteiger partial charge in [0.25, 0.3) is 6.33 Å². The molecule has 0 atom stereocenters. The molecule has 0 aliphatic heterocycles. The first-order valence-corrected chi connectivity index (χ1v) is 6.40. The zero-order valence-electron chi connectivity index (χ0n) is 11.2. The van der Waals surface area contributed by atoms with Gasteiger partial charge in [-0.1, -0.05) is 36.4 Å². The van der Waals surface area contributed by atoms with Crippen molar-refractivity contribution in [2.24, 2.45) is 0 Å². The molecule has 2 aromatic carbocycles. The third-order valence-electron chi connectivity index (χ3n) is 3.30. The molecular formula is C17H16N2. The van der Waals surface area contributed by atoms with E-state index in [1.54, 1.807) is 0 Å². The van der Waals surface area contributed by atoms with Crippen molar-refractivity contribution < 1.29 is 4.57 Å². The van der Waals surface area contributed by atoms with Gasteiger partial charge in [0.05, 0.1) is 11.4 Å². The highest BCUT2D eigenvalue weighted by molar-refractivity contribution is 5.46. The van der Waals surface area contributed by atoms with E-state index >= 15 is 0 Å². The number of benzene rings is 2. The fourth-order valence-corrected chi connectivity index (χ4v) is 2.36. The summed E-state index contributed by atoms with van der Waals surface area (Å²) in [6.45, 7) is 4.26. The highest BCUT2D eigenvalue weighted by Gasteiger charge is 2.06. The van der Waals surface area contributed by atoms with E-state index in [0.29, 0.717) is 0 Å². The minimum Gasteiger partial charge on any atom is -0.299 e. The largest absolute Gasteiger partial charge is 0.299 e. The van der Waals surface area contributed by atoms with Gasteiger partial charge < -0.3 is 0 Å². The van der Waals surface area contributed by atoms with E-state index < -0.39 is 0 Å². The second-order valence-electron chi connectivity index (χ2n) is 4.71. The molecule has 0 bridgehead atoms. The molecule has 0 saturated heterocycles. The zero-order chi connectivity index (χ0) is 13.2. The normalized spacial score (nSPS) is 10.6. The lowest BCUT2D eigenvalue weighted by Gasteiger charge is -2.09. The standard InChI is InChI=1S/C17H16N2/c1-14-7-6-8-15(2)17(14)19-12-11-18(13-19)16-9-4-3-5-10-16/h3-12H,1-2H3. The maximum absolute atomic E-state index is 3.36. The summed E-state index contributed by atoms with van der Waals surface area (Å²) in [6.07, 6.45) is 7.43. The van der Waals surface area contributed by atoms with Crippen LogP contribution in [-0.2, 0) is 0 Å². The smallest absolute Gasteiger partial charge is 0.268 e. The van der Waals surface area contributed by atoms with Crippen molar-refractivity contribution in [3.8, 4) is 11.4 Å². The average molecular weight is 248 g/mol. The number of hydrogen-bond donors (Lipinski definition) is 0. The second kappa shape index (κ2) is 4.73. The maximum Gasteiger partial charge on any atom is 0.268 e. The minimum absolute atomic E-state index is 1.12. The van der Waals surface area contributed by atoms with Crippen LogP contribution in [0.2, 0.25) is 0 Å². The van der Waals surface area contributed by atoms with Crippen LogP contribution in [-0.4, -0.2) is 4.57 Å². The first-order chi connectivity index (χ1) is 9.25. The van der Waals surface area contributed by atoms with E-state index in [9.17, 15) is 0 Å². The van der Waals surface area contributed by atoms with Gasteiger partial charge in [-0.25, -0.2) is 0 Å². The van der Waals surface area contributed by atoms with Gasteiger partial charge in [-0.05, 0) is 37.1 Å². The van der Waals surface area contributed by atoms with Crippen LogP contribution in [0.15, 0.2) is 60.9 Å². The van der Waals surface area contributed by atoms with Crippen molar-refractivity contribution in [2.45, 2.75) is 13.8 Å². The zero-order valence-corrected chi connectivity index (χ0v) is 11.2. The van der Waals surface area contributed by atoms with Crippen molar-refractivity contribution in [1.82, 2.24) is 4.57 Å². The van der Waals surface area contributed by atoms with Crippen molar-refractivity contribution >= 4 is 0 Å². The van der Waals surface area contributed by atoms with Gasteiger partial charge in [0.1, 0.15) is 0 Å². The van der Waals surface area contributed by atoms with Crippen molar-refractivity contribution in [2.75, 3.05) is 0 Å². The second-order valence-corrected chi connectivity index (χ2v) is 4.71. The first-order valence-electron chi connectivity index (χ1n) is 6.40. The fraction of sp³-hybridized carbons (Fsp3) is 0.118. The van der Waals surface area contributed by atoms with Gasteiger partial charge in [-0.3, -0.25) is 9.13 Å². The summed E-state index contributed by atoms with van der Waals surface area (Å²) in [6, 6.07) is 16.6. The Morgan fingerprint density at radius 2 is 1.58 bits per heavy atom. The molecule has 1 heterocycles. The third kappa shape index (κ3) is 2.17. The average Bonchev–Trinajstić information content (AvgIpc) is 2.89. The number of aromatic nitrogens is 2. The Labute approximate surface area is 113 Å². The molecule has 0 amide bonds. The molecule has 94 valence electrons. The molecule has 0 fully saturated rings. The van der Waals surface area contributed by atoms with Crippen LogP contribution in [0.5, 0.6) is 0 Å². The molecule has 0 aliphatic rings. The van der Waals surface area contributed by atoms with Gasteiger partial charge in [0, 0.05) is 12.4 Å². The van der Waals surface area contributed by atoms with Crippen LogP contribution in [0.25, 0.3) is 11.4 Å². The lowest BCUT2D eigenvalue weighted by Crippen LogP contribution is -2.28. The lowest BCUT2D eigenvalue weighted by molar-refractivity contribution is -0.599. The number of aryl methyl sites for hydroxylation is 2. The Morgan fingerprint density at radius 1 is 0.895 bits per heavy atom. The van der Waals surface area contributed by atoms with Gasteiger partial charge in [0.15, 0.2) is 0 Å². The Hall–Kier alpha value is -2.35. The summed E-state index contributed by atoms with van der Waals surface area (Å²) in [5.74, 6) is 0. The van der Waals surface area contributed by atoms with E-state index in [1.807, 2.05) is 35.2 Å². The molecule has 2 nitrogen and oxygen atoms in total. The Balaban J connectivity index is 2.07. The quantitative estimate of drug-likeness (QED) is 0.486. The molecule has 2 heteroatoms. The van der Waals surface area contributed by atoms with E-state index in [4.69, 9.17) is 0 Å². The van der Waals surface area contributed by atoms with Gasteiger partial charge >= 0.3 is 0 Å². The summed E-state index contributed by atoms with van der Waals surface area (Å²) in [4.78, 5) is 0. The van der Waals surface area contributed by atoms with E-state index in [0.717, 1.165) is 5.69 Å². The molecule has 0 saturated carbocycles. The summed E-state index contributed by atoms with van der Waals surface area (Å²) in [7, 11) is 0. The first kappa shape index (κ1) is 11.7. The van der Waals surface area contributed by atoms with Gasteiger partial charge in [-0.15, -0.1) is 0 Å².